The summed E-state index contributed by atoms with van der Waals surface area (Å²) < 4.78 is 14.0. The molecule has 1 atom stereocenters. The standard InChI is InChI=1S/C15H20FN3O/c16-13-11(7-8-18-14(13)17)15(20)19-9-3-6-12(19)10-4-1-2-5-10/h7-8,10,12H,1-6,9H2,(H2,17,18). The van der Waals surface area contributed by atoms with Crippen LogP contribution in [0.5, 0.6) is 0 Å². The van der Waals surface area contributed by atoms with Crippen LogP contribution in [-0.2, 0) is 0 Å². The van der Waals surface area contributed by atoms with Gasteiger partial charge in [-0.05, 0) is 37.7 Å². The number of carbonyl (C=O) groups is 1. The third-order valence-electron chi connectivity index (χ3n) is 4.65. The molecule has 1 aromatic heterocycles. The van der Waals surface area contributed by atoms with Crippen LogP contribution in [-0.4, -0.2) is 28.4 Å². The van der Waals surface area contributed by atoms with E-state index in [2.05, 4.69) is 4.98 Å². The first-order valence-corrected chi connectivity index (χ1v) is 7.39. The van der Waals surface area contributed by atoms with Gasteiger partial charge in [-0.15, -0.1) is 0 Å². The van der Waals surface area contributed by atoms with Gasteiger partial charge in [0, 0.05) is 18.8 Å². The molecule has 1 saturated heterocycles. The summed E-state index contributed by atoms with van der Waals surface area (Å²) in [7, 11) is 0. The Morgan fingerprint density at radius 3 is 2.80 bits per heavy atom. The number of anilines is 1. The van der Waals surface area contributed by atoms with Gasteiger partial charge in [0.05, 0.1) is 5.56 Å². The van der Waals surface area contributed by atoms with Crippen molar-refractivity contribution in [2.45, 2.75) is 44.6 Å². The molecule has 4 nitrogen and oxygen atoms in total. The maximum Gasteiger partial charge on any atom is 0.257 e. The molecule has 2 fully saturated rings. The average molecular weight is 277 g/mol. The fourth-order valence-corrected chi connectivity index (χ4v) is 3.66. The minimum absolute atomic E-state index is 0.0578. The van der Waals surface area contributed by atoms with E-state index in [0.29, 0.717) is 5.92 Å². The Morgan fingerprint density at radius 2 is 2.05 bits per heavy atom. The lowest BCUT2D eigenvalue weighted by atomic mass is 9.95. The minimum Gasteiger partial charge on any atom is -0.381 e. The molecule has 2 aliphatic rings. The number of carbonyl (C=O) groups excluding carboxylic acids is 1. The third kappa shape index (κ3) is 2.25. The van der Waals surface area contributed by atoms with Crippen LogP contribution in [0.15, 0.2) is 12.3 Å². The molecule has 1 saturated carbocycles. The molecule has 1 unspecified atom stereocenters. The number of rotatable bonds is 2. The topological polar surface area (TPSA) is 59.2 Å². The number of amides is 1. The number of nitrogens with zero attached hydrogens (tertiary/aromatic N) is 2. The Hall–Kier alpha value is -1.65. The van der Waals surface area contributed by atoms with E-state index >= 15 is 0 Å². The minimum atomic E-state index is -0.686. The van der Waals surface area contributed by atoms with E-state index in [1.165, 1.54) is 37.9 Å². The summed E-state index contributed by atoms with van der Waals surface area (Å²) >= 11 is 0. The Balaban J connectivity index is 1.83. The van der Waals surface area contributed by atoms with E-state index in [1.54, 1.807) is 0 Å². The van der Waals surface area contributed by atoms with Gasteiger partial charge in [0.25, 0.3) is 5.91 Å². The van der Waals surface area contributed by atoms with E-state index in [4.69, 9.17) is 5.73 Å². The second kappa shape index (κ2) is 5.38. The molecule has 0 bridgehead atoms. The van der Waals surface area contributed by atoms with Crippen molar-refractivity contribution in [1.29, 1.82) is 0 Å². The molecular weight excluding hydrogens is 257 g/mol. The van der Waals surface area contributed by atoms with Gasteiger partial charge in [0.1, 0.15) is 0 Å². The van der Waals surface area contributed by atoms with Crippen molar-refractivity contribution in [2.75, 3.05) is 12.3 Å². The molecule has 0 spiro atoms. The predicted octanol–water partition coefficient (Wildman–Crippen LogP) is 2.60. The van der Waals surface area contributed by atoms with Crippen molar-refractivity contribution >= 4 is 11.7 Å². The van der Waals surface area contributed by atoms with Gasteiger partial charge in [0.15, 0.2) is 11.6 Å². The van der Waals surface area contributed by atoms with Crippen molar-refractivity contribution in [2.24, 2.45) is 5.92 Å². The number of pyridine rings is 1. The molecule has 1 aromatic rings. The van der Waals surface area contributed by atoms with Crippen molar-refractivity contribution in [3.63, 3.8) is 0 Å². The van der Waals surface area contributed by atoms with Gasteiger partial charge in [-0.3, -0.25) is 4.79 Å². The van der Waals surface area contributed by atoms with Crippen LogP contribution in [0.2, 0.25) is 0 Å². The molecule has 3 rings (SSSR count). The molecule has 1 aliphatic heterocycles. The summed E-state index contributed by atoms with van der Waals surface area (Å²) in [6.07, 6.45) is 8.32. The molecule has 1 aliphatic carbocycles. The van der Waals surface area contributed by atoms with Crippen LogP contribution in [0.1, 0.15) is 48.9 Å². The van der Waals surface area contributed by atoms with Gasteiger partial charge in [-0.1, -0.05) is 12.8 Å². The lowest BCUT2D eigenvalue weighted by Gasteiger charge is -2.29. The highest BCUT2D eigenvalue weighted by Gasteiger charge is 2.37. The summed E-state index contributed by atoms with van der Waals surface area (Å²) in [6, 6.07) is 1.71. The SMILES string of the molecule is Nc1nccc(C(=O)N2CCCC2C2CCCC2)c1F. The van der Waals surface area contributed by atoms with Crippen molar-refractivity contribution in [3.8, 4) is 0 Å². The highest BCUT2D eigenvalue weighted by Crippen LogP contribution is 2.36. The molecule has 0 aromatic carbocycles. The predicted molar refractivity (Wildman–Crippen MR) is 74.6 cm³/mol. The highest BCUT2D eigenvalue weighted by atomic mass is 19.1. The number of halogens is 1. The van der Waals surface area contributed by atoms with Gasteiger partial charge in [-0.2, -0.15) is 0 Å². The normalized spacial score (nSPS) is 23.4. The van der Waals surface area contributed by atoms with E-state index in [9.17, 15) is 9.18 Å². The lowest BCUT2D eigenvalue weighted by molar-refractivity contribution is 0.0684. The van der Waals surface area contributed by atoms with Gasteiger partial charge in [0.2, 0.25) is 0 Å². The van der Waals surface area contributed by atoms with Crippen molar-refractivity contribution in [1.82, 2.24) is 9.88 Å². The van der Waals surface area contributed by atoms with Crippen LogP contribution in [0.3, 0.4) is 0 Å². The Morgan fingerprint density at radius 1 is 1.30 bits per heavy atom. The Labute approximate surface area is 118 Å². The molecule has 1 amide bonds. The summed E-state index contributed by atoms with van der Waals surface area (Å²) in [5.74, 6) is -0.531. The number of hydrogen-bond donors (Lipinski definition) is 1. The van der Waals surface area contributed by atoms with E-state index in [1.807, 2.05) is 4.90 Å². The summed E-state index contributed by atoms with van der Waals surface area (Å²) in [5, 5.41) is 0. The van der Waals surface area contributed by atoms with Gasteiger partial charge in [-0.25, -0.2) is 9.37 Å². The number of nitrogens with two attached hydrogens (primary N) is 1. The van der Waals surface area contributed by atoms with Crippen LogP contribution < -0.4 is 5.73 Å². The maximum atomic E-state index is 14.0. The Kier molecular flexibility index (Phi) is 3.59. The molecule has 2 heterocycles. The van der Waals surface area contributed by atoms with Gasteiger partial charge >= 0.3 is 0 Å². The second-order valence-electron chi connectivity index (χ2n) is 5.81. The second-order valence-corrected chi connectivity index (χ2v) is 5.81. The first-order chi connectivity index (χ1) is 9.68. The molecule has 0 radical (unpaired) electrons. The quantitative estimate of drug-likeness (QED) is 0.904. The zero-order valence-corrected chi connectivity index (χ0v) is 11.5. The number of aromatic nitrogens is 1. The van der Waals surface area contributed by atoms with Crippen LogP contribution in [0.25, 0.3) is 0 Å². The third-order valence-corrected chi connectivity index (χ3v) is 4.65. The zero-order chi connectivity index (χ0) is 14.1. The van der Waals surface area contributed by atoms with E-state index in [0.717, 1.165) is 19.4 Å². The summed E-state index contributed by atoms with van der Waals surface area (Å²) in [6.45, 7) is 0.724. The van der Waals surface area contributed by atoms with E-state index < -0.39 is 5.82 Å². The lowest BCUT2D eigenvalue weighted by Crippen LogP contribution is -2.39. The molecular formula is C15H20FN3O. The van der Waals surface area contributed by atoms with Gasteiger partial charge < -0.3 is 10.6 Å². The smallest absolute Gasteiger partial charge is 0.257 e. The fraction of sp³-hybridized carbons (Fsp3) is 0.600. The fourth-order valence-electron chi connectivity index (χ4n) is 3.66. The average Bonchev–Trinajstić information content (AvgIpc) is 3.10. The maximum absolute atomic E-state index is 14.0. The molecule has 20 heavy (non-hydrogen) atoms. The first-order valence-electron chi connectivity index (χ1n) is 7.39. The van der Waals surface area contributed by atoms with Crippen molar-refractivity contribution < 1.29 is 9.18 Å². The largest absolute Gasteiger partial charge is 0.381 e. The summed E-state index contributed by atoms with van der Waals surface area (Å²) in [5.41, 5.74) is 5.51. The van der Waals surface area contributed by atoms with Crippen LogP contribution >= 0.6 is 0 Å². The molecule has 108 valence electrons. The molecule has 5 heteroatoms. The number of nitrogen functional groups attached to an aromatic ring is 1. The van der Waals surface area contributed by atoms with E-state index in [-0.39, 0.29) is 23.3 Å². The number of hydrogen-bond acceptors (Lipinski definition) is 3. The number of likely N-dealkylation sites (tertiary alicyclic amines) is 1. The first kappa shape index (κ1) is 13.3. The monoisotopic (exact) mass is 277 g/mol. The van der Waals surface area contributed by atoms with Crippen LogP contribution in [0, 0.1) is 11.7 Å². The highest BCUT2D eigenvalue weighted by molar-refractivity contribution is 5.95. The molecule has 2 N–H and O–H groups in total. The van der Waals surface area contributed by atoms with Crippen molar-refractivity contribution in [3.05, 3.63) is 23.6 Å². The van der Waals surface area contributed by atoms with Crippen LogP contribution in [0.4, 0.5) is 10.2 Å². The Bertz CT molecular complexity index is 514. The summed E-state index contributed by atoms with van der Waals surface area (Å²) in [4.78, 5) is 18.1. The zero-order valence-electron chi connectivity index (χ0n) is 11.5.